The van der Waals surface area contributed by atoms with Gasteiger partial charge in [-0.15, -0.1) is 0 Å². The zero-order valence-corrected chi connectivity index (χ0v) is 9.91. The van der Waals surface area contributed by atoms with E-state index in [2.05, 4.69) is 0 Å². The number of carbonyl (C=O) groups excluding carboxylic acids is 2. The number of rotatable bonds is 4. The molecule has 0 aromatic heterocycles. The molecule has 0 saturated heterocycles. The summed E-state index contributed by atoms with van der Waals surface area (Å²) in [5.74, 6) is 4.28. The van der Waals surface area contributed by atoms with Crippen molar-refractivity contribution in [2.45, 2.75) is 27.7 Å². The molecule has 0 fully saturated rings. The highest BCUT2D eigenvalue weighted by atomic mass is 16.2. The lowest BCUT2D eigenvalue weighted by molar-refractivity contribution is -0.146. The quantitative estimate of drug-likeness (QED) is 0.303. The van der Waals surface area contributed by atoms with Gasteiger partial charge in [0, 0.05) is 13.1 Å². The Morgan fingerprint density at radius 2 is 1.53 bits per heavy atom. The molecule has 3 N–H and O–H groups in total. The summed E-state index contributed by atoms with van der Waals surface area (Å²) in [5, 5.41) is 0. The van der Waals surface area contributed by atoms with E-state index < -0.39 is 11.8 Å². The van der Waals surface area contributed by atoms with E-state index in [4.69, 9.17) is 5.84 Å². The van der Waals surface area contributed by atoms with E-state index in [1.165, 1.54) is 4.90 Å². The van der Waals surface area contributed by atoms with E-state index in [0.29, 0.717) is 24.9 Å². The molecule has 15 heavy (non-hydrogen) atoms. The summed E-state index contributed by atoms with van der Waals surface area (Å²) >= 11 is 0. The summed E-state index contributed by atoms with van der Waals surface area (Å²) < 4.78 is 0. The molecule has 0 unspecified atom stereocenters. The Labute approximate surface area is 91.0 Å². The van der Waals surface area contributed by atoms with Crippen LogP contribution in [0.1, 0.15) is 27.7 Å². The van der Waals surface area contributed by atoms with E-state index >= 15 is 0 Å². The molecule has 0 atom stereocenters. The summed E-state index contributed by atoms with van der Waals surface area (Å²) in [5.41, 5.74) is 1.86. The second kappa shape index (κ2) is 6.40. The van der Waals surface area contributed by atoms with E-state index in [1.54, 1.807) is 0 Å². The Morgan fingerprint density at radius 3 is 1.80 bits per heavy atom. The molecule has 0 spiro atoms. The third-order valence-corrected chi connectivity index (χ3v) is 1.78. The zero-order chi connectivity index (χ0) is 12.0. The Kier molecular flexibility index (Phi) is 5.93. The van der Waals surface area contributed by atoms with Crippen LogP contribution >= 0.6 is 0 Å². The van der Waals surface area contributed by atoms with Crippen molar-refractivity contribution in [1.29, 1.82) is 0 Å². The van der Waals surface area contributed by atoms with Crippen LogP contribution in [-0.2, 0) is 9.59 Å². The van der Waals surface area contributed by atoms with Gasteiger partial charge in [-0.1, -0.05) is 27.7 Å². The van der Waals surface area contributed by atoms with Gasteiger partial charge in [0.25, 0.3) is 0 Å². The minimum atomic E-state index is -0.753. The van der Waals surface area contributed by atoms with Crippen molar-refractivity contribution in [2.75, 3.05) is 13.1 Å². The van der Waals surface area contributed by atoms with Gasteiger partial charge in [-0.2, -0.15) is 0 Å². The molecule has 0 aromatic carbocycles. The van der Waals surface area contributed by atoms with Gasteiger partial charge < -0.3 is 4.90 Å². The fourth-order valence-electron chi connectivity index (χ4n) is 1.33. The van der Waals surface area contributed by atoms with Gasteiger partial charge in [-0.05, 0) is 11.8 Å². The third-order valence-electron chi connectivity index (χ3n) is 1.78. The molecule has 5 nitrogen and oxygen atoms in total. The molecular formula is C10H21N3O2. The number of amides is 2. The second-order valence-corrected chi connectivity index (χ2v) is 4.47. The maximum atomic E-state index is 11.6. The van der Waals surface area contributed by atoms with Crippen molar-refractivity contribution in [2.24, 2.45) is 17.7 Å². The van der Waals surface area contributed by atoms with Crippen LogP contribution in [0.4, 0.5) is 0 Å². The highest BCUT2D eigenvalue weighted by Crippen LogP contribution is 2.04. The van der Waals surface area contributed by atoms with Crippen LogP contribution in [-0.4, -0.2) is 29.8 Å². The fourth-order valence-corrected chi connectivity index (χ4v) is 1.33. The topological polar surface area (TPSA) is 75.4 Å². The first-order chi connectivity index (χ1) is 6.88. The van der Waals surface area contributed by atoms with Crippen LogP contribution in [0.3, 0.4) is 0 Å². The predicted octanol–water partition coefficient (Wildman–Crippen LogP) is 0.117. The SMILES string of the molecule is CC(C)CN(CC(C)C)C(=O)C(=O)NN. The average molecular weight is 215 g/mol. The van der Waals surface area contributed by atoms with E-state index in [9.17, 15) is 9.59 Å². The van der Waals surface area contributed by atoms with Crippen molar-refractivity contribution in [3.63, 3.8) is 0 Å². The molecule has 0 saturated carbocycles. The lowest BCUT2D eigenvalue weighted by Crippen LogP contribution is -2.47. The van der Waals surface area contributed by atoms with Crippen molar-refractivity contribution in [3.05, 3.63) is 0 Å². The maximum absolute atomic E-state index is 11.6. The molecule has 0 aliphatic rings. The summed E-state index contributed by atoms with van der Waals surface area (Å²) in [6.45, 7) is 9.15. The van der Waals surface area contributed by atoms with E-state index in [1.807, 2.05) is 33.1 Å². The summed E-state index contributed by atoms with van der Waals surface area (Å²) in [4.78, 5) is 24.2. The van der Waals surface area contributed by atoms with Gasteiger partial charge in [0.15, 0.2) is 0 Å². The second-order valence-electron chi connectivity index (χ2n) is 4.47. The number of carbonyl (C=O) groups is 2. The predicted molar refractivity (Wildman–Crippen MR) is 58.6 cm³/mol. The lowest BCUT2D eigenvalue weighted by Gasteiger charge is -2.25. The first-order valence-electron chi connectivity index (χ1n) is 5.18. The number of nitrogens with zero attached hydrogens (tertiary/aromatic N) is 1. The molecule has 0 aromatic rings. The minimum Gasteiger partial charge on any atom is -0.334 e. The van der Waals surface area contributed by atoms with Crippen LogP contribution in [0.15, 0.2) is 0 Å². The molecule has 0 aliphatic heterocycles. The minimum absolute atomic E-state index is 0.332. The Hall–Kier alpha value is -1.10. The highest BCUT2D eigenvalue weighted by molar-refractivity contribution is 6.34. The molecule has 5 heteroatoms. The Balaban J connectivity index is 4.47. The Morgan fingerprint density at radius 1 is 1.13 bits per heavy atom. The first-order valence-corrected chi connectivity index (χ1v) is 5.18. The van der Waals surface area contributed by atoms with E-state index in [-0.39, 0.29) is 0 Å². The number of hydrazine groups is 1. The van der Waals surface area contributed by atoms with Crippen molar-refractivity contribution < 1.29 is 9.59 Å². The molecule has 0 aliphatic carbocycles. The molecular weight excluding hydrogens is 194 g/mol. The van der Waals surface area contributed by atoms with Crippen LogP contribution < -0.4 is 11.3 Å². The van der Waals surface area contributed by atoms with E-state index in [0.717, 1.165) is 0 Å². The average Bonchev–Trinajstić information content (AvgIpc) is 2.13. The van der Waals surface area contributed by atoms with Gasteiger partial charge in [0.2, 0.25) is 0 Å². The van der Waals surface area contributed by atoms with Gasteiger partial charge in [0.05, 0.1) is 0 Å². The van der Waals surface area contributed by atoms with Gasteiger partial charge in [0.1, 0.15) is 0 Å². The van der Waals surface area contributed by atoms with Crippen LogP contribution in [0.5, 0.6) is 0 Å². The largest absolute Gasteiger partial charge is 0.334 e. The molecule has 0 radical (unpaired) electrons. The summed E-state index contributed by atoms with van der Waals surface area (Å²) in [6, 6.07) is 0. The summed E-state index contributed by atoms with van der Waals surface area (Å²) in [6.07, 6.45) is 0. The highest BCUT2D eigenvalue weighted by Gasteiger charge is 2.22. The molecule has 2 amide bonds. The van der Waals surface area contributed by atoms with Gasteiger partial charge >= 0.3 is 11.8 Å². The third kappa shape index (κ3) is 5.37. The molecule has 88 valence electrons. The number of hydrogen-bond donors (Lipinski definition) is 2. The van der Waals surface area contributed by atoms with Crippen LogP contribution in [0.25, 0.3) is 0 Å². The van der Waals surface area contributed by atoms with Crippen molar-refractivity contribution >= 4 is 11.8 Å². The van der Waals surface area contributed by atoms with Crippen molar-refractivity contribution in [3.8, 4) is 0 Å². The smallest absolute Gasteiger partial charge is 0.323 e. The number of hydrogen-bond acceptors (Lipinski definition) is 3. The van der Waals surface area contributed by atoms with Gasteiger partial charge in [-0.25, -0.2) is 5.84 Å². The molecule has 0 bridgehead atoms. The Bertz CT molecular complexity index is 217. The van der Waals surface area contributed by atoms with Gasteiger partial charge in [-0.3, -0.25) is 15.0 Å². The molecule has 0 rings (SSSR count). The summed E-state index contributed by atoms with van der Waals surface area (Å²) in [7, 11) is 0. The maximum Gasteiger partial charge on any atom is 0.323 e. The fraction of sp³-hybridized carbons (Fsp3) is 0.800. The lowest BCUT2D eigenvalue weighted by atomic mass is 10.1. The zero-order valence-electron chi connectivity index (χ0n) is 9.91. The van der Waals surface area contributed by atoms with Crippen molar-refractivity contribution in [1.82, 2.24) is 10.3 Å². The molecule has 0 heterocycles. The number of nitrogens with two attached hydrogens (primary N) is 1. The van der Waals surface area contributed by atoms with Crippen LogP contribution in [0.2, 0.25) is 0 Å². The number of nitrogens with one attached hydrogen (secondary N) is 1. The monoisotopic (exact) mass is 215 g/mol. The first kappa shape index (κ1) is 13.9. The standard InChI is InChI=1S/C10H21N3O2/c1-7(2)5-13(6-8(3)4)10(15)9(14)12-11/h7-8H,5-6,11H2,1-4H3,(H,12,14). The normalized spacial score (nSPS) is 10.6. The van der Waals surface area contributed by atoms with Crippen LogP contribution in [0, 0.1) is 11.8 Å².